The number of rotatable bonds is 8. The highest BCUT2D eigenvalue weighted by Gasteiger charge is 2.61. The highest BCUT2D eigenvalue weighted by atomic mass is 32.2. The van der Waals surface area contributed by atoms with Gasteiger partial charge in [-0.1, -0.05) is 47.0 Å². The summed E-state index contributed by atoms with van der Waals surface area (Å²) in [6.07, 6.45) is 14.9. The van der Waals surface area contributed by atoms with Crippen LogP contribution in [0.4, 0.5) is 10.5 Å². The van der Waals surface area contributed by atoms with Gasteiger partial charge in [0.1, 0.15) is 0 Å². The van der Waals surface area contributed by atoms with Crippen LogP contribution in [0.1, 0.15) is 98.3 Å². The van der Waals surface area contributed by atoms with Gasteiger partial charge in [-0.2, -0.15) is 0 Å². The molecule has 6 nitrogen and oxygen atoms in total. The smallest absolute Gasteiger partial charge is 0.328 e. The van der Waals surface area contributed by atoms with Gasteiger partial charge in [-0.15, -0.1) is 0 Å². The number of amides is 2. The fraction of sp³-hybridized carbons (Fsp3) is 0.794. The number of benzene rings is 1. The zero-order chi connectivity index (χ0) is 29.6. The summed E-state index contributed by atoms with van der Waals surface area (Å²) in [5.41, 5.74) is 1.85. The van der Waals surface area contributed by atoms with Gasteiger partial charge in [0.05, 0.1) is 4.90 Å². The summed E-state index contributed by atoms with van der Waals surface area (Å²) in [6.45, 7) is 10.6. The quantitative estimate of drug-likeness (QED) is 0.332. The van der Waals surface area contributed by atoms with Gasteiger partial charge in [0.2, 0.25) is 0 Å². The Kier molecular flexibility index (Phi) is 8.78. The summed E-state index contributed by atoms with van der Waals surface area (Å²) in [7, 11) is -0.107. The molecule has 0 bridgehead atoms. The number of carbonyl (C=O) groups is 1. The first-order chi connectivity index (χ1) is 19.4. The van der Waals surface area contributed by atoms with Crippen LogP contribution in [0.5, 0.6) is 0 Å². The number of carbonyl (C=O) groups excluding carboxylic acids is 1. The number of hydrogen-bond donors (Lipinski definition) is 2. The number of anilines is 1. The van der Waals surface area contributed by atoms with E-state index < -0.39 is 16.1 Å². The predicted octanol–water partition coefficient (Wildman–Crippen LogP) is 7.45. The minimum absolute atomic E-state index is 0.0913. The van der Waals surface area contributed by atoms with Crippen molar-refractivity contribution in [3.63, 3.8) is 0 Å². The van der Waals surface area contributed by atoms with E-state index in [1.165, 1.54) is 76.3 Å². The largest absolute Gasteiger partial charge is 0.378 e. The maximum Gasteiger partial charge on any atom is 0.328 e. The maximum atomic E-state index is 12.7. The molecule has 1 aromatic carbocycles. The molecule has 230 valence electrons. The molecule has 4 aliphatic carbocycles. The van der Waals surface area contributed by atoms with E-state index in [2.05, 4.69) is 37.7 Å². The SMILES string of the molecule is CC[C@H]1C[C@H]2C3CCC([C@H](C)CCNC(=O)NS(=O)(=O)c4ccc(N(C)C)cc4)[C@@]3(C)CC[C@@H]2[C@@]2(C)CCCC[C@@H]12. The lowest BCUT2D eigenvalue weighted by molar-refractivity contribution is -0.138. The van der Waals surface area contributed by atoms with E-state index >= 15 is 0 Å². The van der Waals surface area contributed by atoms with Gasteiger partial charge >= 0.3 is 6.03 Å². The summed E-state index contributed by atoms with van der Waals surface area (Å²) in [4.78, 5) is 14.5. The van der Waals surface area contributed by atoms with E-state index in [9.17, 15) is 13.2 Å². The monoisotopic (exact) mass is 585 g/mol. The normalized spacial score (nSPS) is 37.3. The van der Waals surface area contributed by atoms with Crippen LogP contribution in [0.2, 0.25) is 0 Å². The highest BCUT2D eigenvalue weighted by molar-refractivity contribution is 7.90. The fourth-order valence-corrected chi connectivity index (χ4v) is 11.7. The van der Waals surface area contributed by atoms with Crippen molar-refractivity contribution in [2.45, 2.75) is 103 Å². The number of sulfonamides is 1. The van der Waals surface area contributed by atoms with Gasteiger partial charge in [0.25, 0.3) is 10.0 Å². The second-order valence-electron chi connectivity index (χ2n) is 14.9. The zero-order valence-corrected chi connectivity index (χ0v) is 27.2. The first-order valence-corrected chi connectivity index (χ1v) is 18.0. The first kappa shape index (κ1) is 30.7. The Labute approximate surface area is 249 Å². The molecule has 0 heterocycles. The Bertz CT molecular complexity index is 1180. The summed E-state index contributed by atoms with van der Waals surface area (Å²) in [5, 5.41) is 2.83. The van der Waals surface area contributed by atoms with Crippen molar-refractivity contribution in [2.75, 3.05) is 25.5 Å². The third kappa shape index (κ3) is 5.65. The third-order valence-corrected chi connectivity index (χ3v) is 14.2. The Balaban J connectivity index is 1.17. The Morgan fingerprint density at radius 2 is 1.68 bits per heavy atom. The highest BCUT2D eigenvalue weighted by Crippen LogP contribution is 2.69. The molecule has 41 heavy (non-hydrogen) atoms. The van der Waals surface area contributed by atoms with Crippen molar-refractivity contribution in [2.24, 2.45) is 52.3 Å². The van der Waals surface area contributed by atoms with Crippen molar-refractivity contribution < 1.29 is 13.2 Å². The topological polar surface area (TPSA) is 78.5 Å². The molecule has 5 rings (SSSR count). The summed E-state index contributed by atoms with van der Waals surface area (Å²) < 4.78 is 27.6. The molecule has 4 fully saturated rings. The second-order valence-corrected chi connectivity index (χ2v) is 16.6. The molecular weight excluding hydrogens is 530 g/mol. The second kappa shape index (κ2) is 11.7. The van der Waals surface area contributed by atoms with Crippen LogP contribution < -0.4 is 14.9 Å². The van der Waals surface area contributed by atoms with Gasteiger partial charge < -0.3 is 10.2 Å². The Morgan fingerprint density at radius 3 is 2.37 bits per heavy atom. The third-order valence-electron chi connectivity index (χ3n) is 12.8. The van der Waals surface area contributed by atoms with Gasteiger partial charge in [-0.05, 0) is 128 Å². The molecule has 0 spiro atoms. The van der Waals surface area contributed by atoms with Gasteiger partial charge in [0.15, 0.2) is 0 Å². The van der Waals surface area contributed by atoms with Crippen LogP contribution in [-0.2, 0) is 10.0 Å². The summed E-state index contributed by atoms with van der Waals surface area (Å²) in [6, 6.07) is 5.89. The number of fused-ring (bicyclic) bond motifs is 5. The fourth-order valence-electron chi connectivity index (χ4n) is 10.8. The molecule has 0 saturated heterocycles. The Morgan fingerprint density at radius 1 is 0.976 bits per heavy atom. The average Bonchev–Trinajstić information content (AvgIpc) is 3.29. The summed E-state index contributed by atoms with van der Waals surface area (Å²) in [5.74, 6) is 5.66. The standard InChI is InChI=1S/C34H55N3O3S/c1-7-24-22-27-30-16-15-28(34(30,4)20-17-31(27)33(3)19-9-8-10-29(24)33)23(2)18-21-35-32(38)36-41(39,40)26-13-11-25(12-14-26)37(5)6/h11-14,23-24,27-31H,7-10,15-22H2,1-6H3,(H2,35,36,38)/t23-,24+,27+,28?,29+,30?,31+,33+,34-/m1/s1. The van der Waals surface area contributed by atoms with E-state index in [1.54, 1.807) is 12.1 Å². The molecule has 0 aliphatic heterocycles. The number of urea groups is 1. The van der Waals surface area contributed by atoms with Crippen molar-refractivity contribution in [1.29, 1.82) is 0 Å². The van der Waals surface area contributed by atoms with Crippen molar-refractivity contribution in [1.82, 2.24) is 10.0 Å². The van der Waals surface area contributed by atoms with Crippen molar-refractivity contribution in [3.8, 4) is 0 Å². The predicted molar refractivity (Wildman–Crippen MR) is 167 cm³/mol. The molecule has 7 heteroatoms. The van der Waals surface area contributed by atoms with E-state index in [0.717, 1.165) is 41.7 Å². The lowest BCUT2D eigenvalue weighted by Crippen LogP contribution is -2.55. The first-order valence-electron chi connectivity index (χ1n) is 16.5. The maximum absolute atomic E-state index is 12.7. The van der Waals surface area contributed by atoms with Crippen LogP contribution in [0.25, 0.3) is 0 Å². The van der Waals surface area contributed by atoms with E-state index in [0.29, 0.717) is 29.2 Å². The number of hydrogen-bond acceptors (Lipinski definition) is 4. The van der Waals surface area contributed by atoms with Gasteiger partial charge in [0, 0.05) is 26.3 Å². The number of nitrogens with one attached hydrogen (secondary N) is 2. The zero-order valence-electron chi connectivity index (χ0n) is 26.4. The molecule has 2 N–H and O–H groups in total. The minimum atomic E-state index is -3.91. The molecule has 0 radical (unpaired) electrons. The lowest BCUT2D eigenvalue weighted by atomic mass is 9.42. The number of nitrogens with zero attached hydrogens (tertiary/aromatic N) is 1. The summed E-state index contributed by atoms with van der Waals surface area (Å²) >= 11 is 0. The van der Waals surface area contributed by atoms with Crippen LogP contribution in [0.3, 0.4) is 0 Å². The molecule has 9 atom stereocenters. The minimum Gasteiger partial charge on any atom is -0.378 e. The average molecular weight is 586 g/mol. The molecule has 4 saturated carbocycles. The van der Waals surface area contributed by atoms with Crippen molar-refractivity contribution >= 4 is 21.7 Å². The molecular formula is C34H55N3O3S. The molecule has 1 aromatic rings. The van der Waals surface area contributed by atoms with E-state index in [-0.39, 0.29) is 4.90 Å². The lowest BCUT2D eigenvalue weighted by Gasteiger charge is -2.63. The van der Waals surface area contributed by atoms with Crippen LogP contribution >= 0.6 is 0 Å². The van der Waals surface area contributed by atoms with Crippen LogP contribution in [0, 0.1) is 52.3 Å². The molecule has 0 aromatic heterocycles. The van der Waals surface area contributed by atoms with E-state index in [1.807, 2.05) is 19.0 Å². The molecule has 2 amide bonds. The van der Waals surface area contributed by atoms with Crippen LogP contribution in [-0.4, -0.2) is 35.1 Å². The molecule has 4 aliphatic rings. The Hall–Kier alpha value is -1.76. The van der Waals surface area contributed by atoms with Crippen LogP contribution in [0.15, 0.2) is 29.2 Å². The molecule has 2 unspecified atom stereocenters. The van der Waals surface area contributed by atoms with E-state index in [4.69, 9.17) is 0 Å². The van der Waals surface area contributed by atoms with Gasteiger partial charge in [-0.3, -0.25) is 0 Å². The van der Waals surface area contributed by atoms with Crippen molar-refractivity contribution in [3.05, 3.63) is 24.3 Å². The van der Waals surface area contributed by atoms with Gasteiger partial charge in [-0.25, -0.2) is 17.9 Å².